The van der Waals surface area contributed by atoms with Gasteiger partial charge in [0.1, 0.15) is 0 Å². The lowest BCUT2D eigenvalue weighted by Gasteiger charge is -2.14. The molecule has 5 nitrogen and oxygen atoms in total. The molecule has 25 heavy (non-hydrogen) atoms. The molecule has 0 spiro atoms. The van der Waals surface area contributed by atoms with Crippen molar-refractivity contribution in [1.29, 1.82) is 0 Å². The van der Waals surface area contributed by atoms with Gasteiger partial charge in [-0.05, 0) is 68.5 Å². The number of carbonyl (C=O) groups is 1. The van der Waals surface area contributed by atoms with E-state index in [4.69, 9.17) is 0 Å². The Morgan fingerprint density at radius 3 is 2.52 bits per heavy atom. The Bertz CT molecular complexity index is 889. The summed E-state index contributed by atoms with van der Waals surface area (Å²) >= 11 is 0. The van der Waals surface area contributed by atoms with Crippen LogP contribution in [0.25, 0.3) is 0 Å². The number of rotatable bonds is 6. The van der Waals surface area contributed by atoms with Crippen molar-refractivity contribution in [3.8, 4) is 0 Å². The van der Waals surface area contributed by atoms with Gasteiger partial charge < -0.3 is 5.32 Å². The summed E-state index contributed by atoms with van der Waals surface area (Å²) in [4.78, 5) is 12.4. The van der Waals surface area contributed by atoms with Gasteiger partial charge in [0.25, 0.3) is 15.9 Å². The van der Waals surface area contributed by atoms with Crippen LogP contribution in [0.1, 0.15) is 35.7 Å². The molecule has 0 aliphatic heterocycles. The number of anilines is 1. The van der Waals surface area contributed by atoms with Gasteiger partial charge in [-0.15, -0.1) is 0 Å². The fourth-order valence-corrected chi connectivity index (χ4v) is 3.83. The number of amides is 1. The third-order valence-corrected chi connectivity index (χ3v) is 5.74. The van der Waals surface area contributed by atoms with E-state index in [1.165, 1.54) is 12.1 Å². The van der Waals surface area contributed by atoms with E-state index in [1.807, 2.05) is 19.9 Å². The molecule has 1 aliphatic rings. The van der Waals surface area contributed by atoms with Gasteiger partial charge in [-0.2, -0.15) is 0 Å². The summed E-state index contributed by atoms with van der Waals surface area (Å²) < 4.78 is 27.7. The molecule has 0 aromatic heterocycles. The maximum Gasteiger partial charge on any atom is 0.261 e. The lowest BCUT2D eigenvalue weighted by atomic mass is 10.1. The highest BCUT2D eigenvalue weighted by Gasteiger charge is 2.29. The van der Waals surface area contributed by atoms with Crippen LogP contribution in [0.3, 0.4) is 0 Å². The molecule has 2 aromatic rings. The molecule has 1 aliphatic carbocycles. The third kappa shape index (κ3) is 4.39. The van der Waals surface area contributed by atoms with Gasteiger partial charge in [0.2, 0.25) is 0 Å². The highest BCUT2D eigenvalue weighted by Crippen LogP contribution is 2.32. The van der Waals surface area contributed by atoms with Crippen molar-refractivity contribution in [1.82, 2.24) is 5.32 Å². The minimum absolute atomic E-state index is 0.0701. The maximum atomic E-state index is 12.6. The van der Waals surface area contributed by atoms with E-state index >= 15 is 0 Å². The minimum atomic E-state index is -3.75. The van der Waals surface area contributed by atoms with E-state index < -0.39 is 10.0 Å². The zero-order valence-electron chi connectivity index (χ0n) is 14.3. The van der Waals surface area contributed by atoms with Crippen molar-refractivity contribution in [3.63, 3.8) is 0 Å². The van der Waals surface area contributed by atoms with Crippen molar-refractivity contribution < 1.29 is 13.2 Å². The quantitative estimate of drug-likeness (QED) is 0.832. The number of carbonyl (C=O) groups excluding carboxylic acids is 1. The van der Waals surface area contributed by atoms with Crippen LogP contribution in [0.15, 0.2) is 53.4 Å². The fourth-order valence-electron chi connectivity index (χ4n) is 2.73. The largest absolute Gasteiger partial charge is 0.349 e. The van der Waals surface area contributed by atoms with E-state index in [9.17, 15) is 13.2 Å². The Hall–Kier alpha value is -2.34. The first-order chi connectivity index (χ1) is 11.8. The molecular formula is C19H22N2O3S. The Morgan fingerprint density at radius 1 is 1.12 bits per heavy atom. The molecule has 1 amide bonds. The van der Waals surface area contributed by atoms with Crippen molar-refractivity contribution in [2.45, 2.75) is 37.6 Å². The second-order valence-corrected chi connectivity index (χ2v) is 8.28. The summed E-state index contributed by atoms with van der Waals surface area (Å²) in [7, 11) is -3.75. The van der Waals surface area contributed by atoms with E-state index in [1.54, 1.807) is 30.3 Å². The Labute approximate surface area is 148 Å². The van der Waals surface area contributed by atoms with E-state index in [0.717, 1.165) is 18.4 Å². The van der Waals surface area contributed by atoms with Crippen molar-refractivity contribution in [3.05, 3.63) is 59.7 Å². The average Bonchev–Trinajstić information content (AvgIpc) is 3.39. The Morgan fingerprint density at radius 2 is 1.84 bits per heavy atom. The van der Waals surface area contributed by atoms with E-state index in [-0.39, 0.29) is 16.8 Å². The van der Waals surface area contributed by atoms with Crippen LogP contribution in [0.2, 0.25) is 0 Å². The third-order valence-electron chi connectivity index (χ3n) is 4.36. The van der Waals surface area contributed by atoms with Gasteiger partial charge >= 0.3 is 0 Å². The van der Waals surface area contributed by atoms with Crippen LogP contribution in [0.4, 0.5) is 5.69 Å². The van der Waals surface area contributed by atoms with Crippen LogP contribution in [0, 0.1) is 12.8 Å². The van der Waals surface area contributed by atoms with Crippen molar-refractivity contribution in [2.24, 2.45) is 5.92 Å². The highest BCUT2D eigenvalue weighted by atomic mass is 32.2. The molecule has 0 saturated heterocycles. The first-order valence-corrected chi connectivity index (χ1v) is 9.84. The first kappa shape index (κ1) is 17.5. The molecule has 2 N–H and O–H groups in total. The van der Waals surface area contributed by atoms with Gasteiger partial charge in [-0.1, -0.05) is 18.2 Å². The molecule has 0 heterocycles. The van der Waals surface area contributed by atoms with E-state index in [0.29, 0.717) is 17.2 Å². The minimum Gasteiger partial charge on any atom is -0.349 e. The normalized spacial score (nSPS) is 15.4. The van der Waals surface area contributed by atoms with Gasteiger partial charge in [-0.25, -0.2) is 8.42 Å². The Kier molecular flexibility index (Phi) is 4.81. The summed E-state index contributed by atoms with van der Waals surface area (Å²) in [6.45, 7) is 3.87. The van der Waals surface area contributed by atoms with Gasteiger partial charge in [0, 0.05) is 17.3 Å². The molecule has 1 saturated carbocycles. The lowest BCUT2D eigenvalue weighted by molar-refractivity contribution is 0.0935. The zero-order chi connectivity index (χ0) is 18.0. The smallest absolute Gasteiger partial charge is 0.261 e. The van der Waals surface area contributed by atoms with Crippen LogP contribution < -0.4 is 10.0 Å². The number of benzene rings is 2. The number of hydrogen-bond acceptors (Lipinski definition) is 3. The van der Waals surface area contributed by atoms with Gasteiger partial charge in [0.15, 0.2) is 0 Å². The van der Waals surface area contributed by atoms with Crippen LogP contribution in [0.5, 0.6) is 0 Å². The summed E-state index contributed by atoms with van der Waals surface area (Å²) in [5.41, 5.74) is 1.80. The predicted molar refractivity (Wildman–Crippen MR) is 98.1 cm³/mol. The second kappa shape index (κ2) is 6.88. The molecule has 3 rings (SSSR count). The first-order valence-electron chi connectivity index (χ1n) is 8.35. The highest BCUT2D eigenvalue weighted by molar-refractivity contribution is 7.92. The standard InChI is InChI=1S/C19H22N2O3S/c1-13-5-3-7-17(11-13)21-25(23,24)18-8-4-6-16(12-18)19(22)20-14(2)15-9-10-15/h3-8,11-12,14-15,21H,9-10H2,1-2H3,(H,20,22)/t14-/m0/s1. The number of sulfonamides is 1. The molecule has 1 atom stereocenters. The zero-order valence-corrected chi connectivity index (χ0v) is 15.1. The lowest BCUT2D eigenvalue weighted by Crippen LogP contribution is -2.34. The number of nitrogens with one attached hydrogen (secondary N) is 2. The average molecular weight is 358 g/mol. The monoisotopic (exact) mass is 358 g/mol. The molecule has 6 heteroatoms. The van der Waals surface area contributed by atoms with Gasteiger partial charge in [0.05, 0.1) is 4.90 Å². The van der Waals surface area contributed by atoms with Crippen molar-refractivity contribution in [2.75, 3.05) is 4.72 Å². The topological polar surface area (TPSA) is 75.3 Å². The molecule has 2 aromatic carbocycles. The molecule has 0 bridgehead atoms. The summed E-state index contributed by atoms with van der Waals surface area (Å²) in [6.07, 6.45) is 2.27. The maximum absolute atomic E-state index is 12.6. The predicted octanol–water partition coefficient (Wildman–Crippen LogP) is 3.32. The van der Waals surface area contributed by atoms with Gasteiger partial charge in [-0.3, -0.25) is 9.52 Å². The summed E-state index contributed by atoms with van der Waals surface area (Å²) in [6, 6.07) is 13.3. The SMILES string of the molecule is Cc1cccc(NS(=O)(=O)c2cccc(C(=O)N[C@@H](C)C3CC3)c2)c1. The molecule has 0 unspecified atom stereocenters. The number of aryl methyl sites for hydroxylation is 1. The molecule has 1 fully saturated rings. The fraction of sp³-hybridized carbons (Fsp3) is 0.316. The Balaban J connectivity index is 1.78. The van der Waals surface area contributed by atoms with Crippen LogP contribution in [-0.2, 0) is 10.0 Å². The summed E-state index contributed by atoms with van der Waals surface area (Å²) in [5, 5.41) is 2.94. The number of hydrogen-bond donors (Lipinski definition) is 2. The van der Waals surface area contributed by atoms with Crippen molar-refractivity contribution >= 4 is 21.6 Å². The second-order valence-electron chi connectivity index (χ2n) is 6.60. The molecular weight excluding hydrogens is 336 g/mol. The van der Waals surface area contributed by atoms with Crippen LogP contribution >= 0.6 is 0 Å². The molecule has 0 radical (unpaired) electrons. The van der Waals surface area contributed by atoms with E-state index in [2.05, 4.69) is 10.0 Å². The molecule has 132 valence electrons. The van der Waals surface area contributed by atoms with Crippen LogP contribution in [-0.4, -0.2) is 20.4 Å². The summed E-state index contributed by atoms with van der Waals surface area (Å²) in [5.74, 6) is 0.297.